The monoisotopic (exact) mass is 583 g/mol. The highest BCUT2D eigenvalue weighted by Gasteiger charge is 2.43. The number of anilines is 2. The van der Waals surface area contributed by atoms with Crippen LogP contribution in [-0.4, -0.2) is 74.9 Å². The van der Waals surface area contributed by atoms with E-state index in [1.54, 1.807) is 19.2 Å². The van der Waals surface area contributed by atoms with Crippen molar-refractivity contribution in [2.24, 2.45) is 5.41 Å². The van der Waals surface area contributed by atoms with Gasteiger partial charge in [0.1, 0.15) is 11.8 Å². The molecule has 2 saturated heterocycles. The first-order valence-electron chi connectivity index (χ1n) is 13.7. The van der Waals surface area contributed by atoms with Crippen LogP contribution in [0, 0.1) is 16.7 Å². The van der Waals surface area contributed by atoms with Crippen LogP contribution in [0.15, 0.2) is 30.5 Å². The number of fused-ring (bicyclic) bond motifs is 1. The number of nitrogens with zero attached hydrogens (tertiary/aromatic N) is 4. The highest BCUT2D eigenvalue weighted by atomic mass is 35.5. The normalized spacial score (nSPS) is 16.9. The Kier molecular flexibility index (Phi) is 8.77. The standard InChI is InChI=1S/C30H35Cl2N5O3/c1-4-36-18-30(19-36)6-9-37(10-7-30)8-5-11-40-28-14-24-21(12-27(28)39-3)29(20(16-33)17-34-24)35-25-15-26(38-2)23(32)13-22(25)31/h12-15,17H,4-11,18-19H2,1-3H3,(H,34,35). The average molecular weight is 585 g/mol. The SMILES string of the molecule is CCN1CC2(CCN(CCCOc3cc4ncc(C#N)c(Nc5cc(OC)c(Cl)cc5Cl)c4cc3OC)CC2)C1. The highest BCUT2D eigenvalue weighted by molar-refractivity contribution is 6.37. The van der Waals surface area contributed by atoms with Gasteiger partial charge in [-0.15, -0.1) is 0 Å². The lowest BCUT2D eigenvalue weighted by Crippen LogP contribution is -2.60. The van der Waals surface area contributed by atoms with Gasteiger partial charge in [-0.1, -0.05) is 30.1 Å². The van der Waals surface area contributed by atoms with Crippen LogP contribution in [-0.2, 0) is 0 Å². The summed E-state index contributed by atoms with van der Waals surface area (Å²) in [5.74, 6) is 1.66. The molecule has 0 bridgehead atoms. The second-order valence-corrected chi connectivity index (χ2v) is 11.4. The Bertz CT molecular complexity index is 1410. The van der Waals surface area contributed by atoms with E-state index < -0.39 is 0 Å². The molecule has 0 amide bonds. The van der Waals surface area contributed by atoms with Gasteiger partial charge in [-0.2, -0.15) is 5.26 Å². The minimum atomic E-state index is 0.362. The van der Waals surface area contributed by atoms with Crippen molar-refractivity contribution in [3.8, 4) is 23.3 Å². The zero-order valence-electron chi connectivity index (χ0n) is 23.2. The summed E-state index contributed by atoms with van der Waals surface area (Å²) < 4.78 is 17.2. The van der Waals surface area contributed by atoms with Crippen molar-refractivity contribution in [1.82, 2.24) is 14.8 Å². The molecule has 1 N–H and O–H groups in total. The third-order valence-corrected chi connectivity index (χ3v) is 8.74. The van der Waals surface area contributed by atoms with Crippen LogP contribution in [0.4, 0.5) is 11.4 Å². The van der Waals surface area contributed by atoms with Gasteiger partial charge < -0.3 is 29.3 Å². The predicted molar refractivity (Wildman–Crippen MR) is 160 cm³/mol. The Morgan fingerprint density at radius 2 is 1.75 bits per heavy atom. The first kappa shape index (κ1) is 28.6. The molecule has 1 spiro atoms. The van der Waals surface area contributed by atoms with E-state index in [9.17, 15) is 5.26 Å². The molecule has 8 nitrogen and oxygen atoms in total. The number of rotatable bonds is 10. The fourth-order valence-electron chi connectivity index (χ4n) is 5.77. The number of benzene rings is 2. The summed E-state index contributed by atoms with van der Waals surface area (Å²) in [5, 5.41) is 14.6. The Labute approximate surface area is 245 Å². The summed E-state index contributed by atoms with van der Waals surface area (Å²) in [7, 11) is 3.14. The zero-order valence-corrected chi connectivity index (χ0v) is 24.7. The van der Waals surface area contributed by atoms with E-state index in [0.29, 0.717) is 67.2 Å². The molecular formula is C30H35Cl2N5O3. The molecule has 0 atom stereocenters. The van der Waals surface area contributed by atoms with E-state index >= 15 is 0 Å². The van der Waals surface area contributed by atoms with Crippen molar-refractivity contribution >= 4 is 45.5 Å². The molecule has 3 heterocycles. The van der Waals surface area contributed by atoms with Gasteiger partial charge in [0.15, 0.2) is 11.5 Å². The fourth-order valence-corrected chi connectivity index (χ4v) is 6.28. The van der Waals surface area contributed by atoms with Crippen LogP contribution in [0.2, 0.25) is 10.0 Å². The smallest absolute Gasteiger partial charge is 0.163 e. The molecule has 3 aromatic rings. The van der Waals surface area contributed by atoms with E-state index in [1.807, 2.05) is 12.1 Å². The summed E-state index contributed by atoms with van der Waals surface area (Å²) >= 11 is 12.7. The first-order valence-corrected chi connectivity index (χ1v) is 14.4. The molecule has 2 fully saturated rings. The van der Waals surface area contributed by atoms with Gasteiger partial charge in [0, 0.05) is 43.4 Å². The number of hydrogen-bond acceptors (Lipinski definition) is 8. The largest absolute Gasteiger partial charge is 0.495 e. The average Bonchev–Trinajstić information content (AvgIpc) is 2.95. The number of piperidine rings is 1. The summed E-state index contributed by atoms with van der Waals surface area (Å²) in [5.41, 5.74) is 2.70. The van der Waals surface area contributed by atoms with Crippen LogP contribution in [0.5, 0.6) is 17.2 Å². The fraction of sp³-hybridized carbons (Fsp3) is 0.467. The van der Waals surface area contributed by atoms with Crippen LogP contribution in [0.3, 0.4) is 0 Å². The number of nitriles is 1. The third kappa shape index (κ3) is 5.89. The van der Waals surface area contributed by atoms with Gasteiger partial charge in [-0.3, -0.25) is 4.98 Å². The second kappa shape index (κ2) is 12.3. The molecule has 40 heavy (non-hydrogen) atoms. The minimum absolute atomic E-state index is 0.362. The lowest BCUT2D eigenvalue weighted by Gasteiger charge is -2.54. The van der Waals surface area contributed by atoms with Gasteiger partial charge in [0.25, 0.3) is 0 Å². The maximum atomic E-state index is 9.80. The van der Waals surface area contributed by atoms with E-state index in [4.69, 9.17) is 37.4 Å². The number of pyridine rings is 1. The van der Waals surface area contributed by atoms with E-state index in [2.05, 4.69) is 33.1 Å². The quantitative estimate of drug-likeness (QED) is 0.276. The zero-order chi connectivity index (χ0) is 28.3. The number of methoxy groups -OCH3 is 2. The molecule has 0 aliphatic carbocycles. The molecule has 0 unspecified atom stereocenters. The number of aromatic nitrogens is 1. The summed E-state index contributed by atoms with van der Waals surface area (Å²) in [6.45, 7) is 9.88. The maximum Gasteiger partial charge on any atom is 0.163 e. The molecule has 10 heteroatoms. The Hall–Kier alpha value is -2.96. The number of ether oxygens (including phenoxy) is 3. The second-order valence-electron chi connectivity index (χ2n) is 10.6. The molecular weight excluding hydrogens is 549 g/mol. The molecule has 0 radical (unpaired) electrons. The summed E-state index contributed by atoms with van der Waals surface area (Å²) in [4.78, 5) is 9.61. The van der Waals surface area contributed by atoms with Crippen molar-refractivity contribution in [3.63, 3.8) is 0 Å². The van der Waals surface area contributed by atoms with E-state index in [0.717, 1.165) is 13.0 Å². The van der Waals surface area contributed by atoms with Crippen LogP contribution < -0.4 is 19.5 Å². The van der Waals surface area contributed by atoms with Crippen molar-refractivity contribution in [2.75, 3.05) is 65.4 Å². The molecule has 212 valence electrons. The number of halogens is 2. The first-order chi connectivity index (χ1) is 19.4. The molecule has 2 aliphatic heterocycles. The lowest BCUT2D eigenvalue weighted by atomic mass is 9.72. The van der Waals surface area contributed by atoms with Crippen molar-refractivity contribution in [2.45, 2.75) is 26.2 Å². The lowest BCUT2D eigenvalue weighted by molar-refractivity contribution is -0.0437. The minimum Gasteiger partial charge on any atom is -0.495 e. The highest BCUT2D eigenvalue weighted by Crippen LogP contribution is 2.41. The third-order valence-electron chi connectivity index (χ3n) is 8.13. The van der Waals surface area contributed by atoms with Crippen molar-refractivity contribution in [3.05, 3.63) is 46.1 Å². The molecule has 2 aliphatic rings. The van der Waals surface area contributed by atoms with Gasteiger partial charge >= 0.3 is 0 Å². The van der Waals surface area contributed by atoms with Crippen molar-refractivity contribution < 1.29 is 14.2 Å². The topological polar surface area (TPSA) is 82.9 Å². The predicted octanol–water partition coefficient (Wildman–Crippen LogP) is 6.36. The van der Waals surface area contributed by atoms with Gasteiger partial charge in [0.2, 0.25) is 0 Å². The van der Waals surface area contributed by atoms with E-state index in [-0.39, 0.29) is 0 Å². The van der Waals surface area contributed by atoms with Gasteiger partial charge in [-0.25, -0.2) is 0 Å². The molecule has 2 aromatic carbocycles. The van der Waals surface area contributed by atoms with Gasteiger partial charge in [-0.05, 0) is 56.4 Å². The van der Waals surface area contributed by atoms with Crippen LogP contribution in [0.25, 0.3) is 10.9 Å². The summed E-state index contributed by atoms with van der Waals surface area (Å²) in [6, 6.07) is 9.19. The van der Waals surface area contributed by atoms with Crippen molar-refractivity contribution in [1.29, 1.82) is 5.26 Å². The van der Waals surface area contributed by atoms with Crippen LogP contribution >= 0.6 is 23.2 Å². The number of likely N-dealkylation sites (tertiary alicyclic amines) is 2. The Morgan fingerprint density at radius 3 is 2.42 bits per heavy atom. The summed E-state index contributed by atoms with van der Waals surface area (Å²) in [6.07, 6.45) is 5.06. The van der Waals surface area contributed by atoms with Gasteiger partial charge in [0.05, 0.1) is 53.3 Å². The molecule has 1 aromatic heterocycles. The number of nitrogens with one attached hydrogen (secondary N) is 1. The number of hydrogen-bond donors (Lipinski definition) is 1. The Morgan fingerprint density at radius 1 is 1.00 bits per heavy atom. The van der Waals surface area contributed by atoms with E-state index in [1.165, 1.54) is 58.9 Å². The maximum absolute atomic E-state index is 9.80. The Balaban J connectivity index is 1.27. The van der Waals surface area contributed by atoms with Crippen LogP contribution in [0.1, 0.15) is 31.7 Å². The molecule has 5 rings (SSSR count). The molecule has 0 saturated carbocycles.